The number of carbonyl (C=O) groups excluding carboxylic acids is 1. The Kier molecular flexibility index (Phi) is 2.68. The van der Waals surface area contributed by atoms with Gasteiger partial charge in [0.1, 0.15) is 5.60 Å². The summed E-state index contributed by atoms with van der Waals surface area (Å²) in [4.78, 5) is 14.4. The summed E-state index contributed by atoms with van der Waals surface area (Å²) in [6.07, 6.45) is 0.576. The molecule has 2 saturated heterocycles. The van der Waals surface area contributed by atoms with Crippen LogP contribution >= 0.6 is 0 Å². The van der Waals surface area contributed by atoms with Crippen LogP contribution in [0.4, 0.5) is 0 Å². The van der Waals surface area contributed by atoms with Gasteiger partial charge in [-0.15, -0.1) is 0 Å². The number of para-hydroxylation sites is 1. The van der Waals surface area contributed by atoms with E-state index in [0.717, 1.165) is 10.9 Å². The summed E-state index contributed by atoms with van der Waals surface area (Å²) < 4.78 is 7.46. The molecule has 22 heavy (non-hydrogen) atoms. The van der Waals surface area contributed by atoms with E-state index in [-0.39, 0.29) is 11.5 Å². The van der Waals surface area contributed by atoms with Crippen LogP contribution in [0.1, 0.15) is 23.8 Å². The minimum absolute atomic E-state index is 0.0717. The number of aliphatic hydroxyl groups is 1. The number of hydrogen-bond acceptors (Lipinski definition) is 4. The summed E-state index contributed by atoms with van der Waals surface area (Å²) in [5.74, 6) is -0.0717. The van der Waals surface area contributed by atoms with Crippen molar-refractivity contribution in [3.63, 3.8) is 0 Å². The highest BCUT2D eigenvalue weighted by Crippen LogP contribution is 2.40. The molecule has 6 heteroatoms. The van der Waals surface area contributed by atoms with Gasteiger partial charge in [-0.3, -0.25) is 9.48 Å². The van der Waals surface area contributed by atoms with Crippen molar-refractivity contribution in [3.05, 3.63) is 30.0 Å². The largest absolute Gasteiger partial charge is 0.388 e. The molecule has 116 valence electrons. The second-order valence-corrected chi connectivity index (χ2v) is 6.80. The van der Waals surface area contributed by atoms with E-state index in [1.54, 1.807) is 16.5 Å². The summed E-state index contributed by atoms with van der Waals surface area (Å²) in [6, 6.07) is 7.72. The number of aryl methyl sites for hydroxylation is 1. The van der Waals surface area contributed by atoms with E-state index < -0.39 is 5.60 Å². The molecule has 0 aliphatic carbocycles. The third kappa shape index (κ3) is 1.94. The van der Waals surface area contributed by atoms with Crippen molar-refractivity contribution in [2.45, 2.75) is 24.5 Å². The SMILES string of the molecule is Cn1nc(C(=O)N2CC3(C2)CC(C)(O)CO3)c2ccccc21. The predicted molar refractivity (Wildman–Crippen MR) is 80.5 cm³/mol. The second kappa shape index (κ2) is 4.30. The Hall–Kier alpha value is -1.92. The Labute approximate surface area is 128 Å². The Morgan fingerprint density at radius 3 is 2.77 bits per heavy atom. The number of rotatable bonds is 1. The van der Waals surface area contributed by atoms with Crippen molar-refractivity contribution < 1.29 is 14.6 Å². The van der Waals surface area contributed by atoms with Crippen LogP contribution in [0, 0.1) is 0 Å². The van der Waals surface area contributed by atoms with Gasteiger partial charge in [0.15, 0.2) is 5.69 Å². The smallest absolute Gasteiger partial charge is 0.275 e. The lowest BCUT2D eigenvalue weighted by atomic mass is 9.85. The van der Waals surface area contributed by atoms with Gasteiger partial charge in [-0.2, -0.15) is 5.10 Å². The van der Waals surface area contributed by atoms with Crippen molar-refractivity contribution >= 4 is 16.8 Å². The molecule has 4 rings (SSSR count). The van der Waals surface area contributed by atoms with E-state index in [9.17, 15) is 9.90 Å². The number of nitrogens with zero attached hydrogens (tertiary/aromatic N) is 3. The van der Waals surface area contributed by atoms with E-state index in [1.807, 2.05) is 31.3 Å². The summed E-state index contributed by atoms with van der Waals surface area (Å²) in [5.41, 5.74) is 0.273. The normalized spacial score (nSPS) is 26.6. The standard InChI is InChI=1S/C16H19N3O3/c1-15(21)7-16(22-10-15)8-19(9-16)14(20)13-11-5-3-4-6-12(11)18(2)17-13/h3-6,21H,7-10H2,1-2H3. The molecule has 0 saturated carbocycles. The molecule has 0 bridgehead atoms. The Balaban J connectivity index is 1.56. The van der Waals surface area contributed by atoms with Crippen LogP contribution in [0.3, 0.4) is 0 Å². The second-order valence-electron chi connectivity index (χ2n) is 6.80. The van der Waals surface area contributed by atoms with Gasteiger partial charge >= 0.3 is 0 Å². The molecular formula is C16H19N3O3. The van der Waals surface area contributed by atoms with Gasteiger partial charge in [-0.1, -0.05) is 18.2 Å². The van der Waals surface area contributed by atoms with Gasteiger partial charge in [0.25, 0.3) is 5.91 Å². The summed E-state index contributed by atoms with van der Waals surface area (Å²) >= 11 is 0. The number of ether oxygens (including phenoxy) is 1. The van der Waals surface area contributed by atoms with Crippen LogP contribution in [0.5, 0.6) is 0 Å². The molecule has 1 unspecified atom stereocenters. The number of likely N-dealkylation sites (tertiary alicyclic amines) is 1. The summed E-state index contributed by atoms with van der Waals surface area (Å²) in [7, 11) is 1.84. The molecule has 1 aromatic heterocycles. The monoisotopic (exact) mass is 301 g/mol. The highest BCUT2D eigenvalue weighted by molar-refractivity contribution is 6.05. The molecule has 3 heterocycles. The molecular weight excluding hydrogens is 282 g/mol. The van der Waals surface area contributed by atoms with Crippen LogP contribution < -0.4 is 0 Å². The Morgan fingerprint density at radius 2 is 2.09 bits per heavy atom. The number of benzene rings is 1. The maximum absolute atomic E-state index is 12.7. The van der Waals surface area contributed by atoms with Crippen LogP contribution in [0.2, 0.25) is 0 Å². The van der Waals surface area contributed by atoms with Crippen LogP contribution in [0.25, 0.3) is 10.9 Å². The average molecular weight is 301 g/mol. The average Bonchev–Trinajstić information content (AvgIpc) is 2.95. The Bertz CT molecular complexity index is 759. The minimum atomic E-state index is -0.785. The molecule has 6 nitrogen and oxygen atoms in total. The lowest BCUT2D eigenvalue weighted by molar-refractivity contribution is -0.0955. The molecule has 2 aliphatic heterocycles. The highest BCUT2D eigenvalue weighted by atomic mass is 16.5. The zero-order valence-corrected chi connectivity index (χ0v) is 12.7. The molecule has 0 radical (unpaired) electrons. The third-order valence-corrected chi connectivity index (χ3v) is 4.60. The summed E-state index contributed by atoms with van der Waals surface area (Å²) in [5, 5.41) is 15.3. The quantitative estimate of drug-likeness (QED) is 0.851. The van der Waals surface area contributed by atoms with E-state index in [4.69, 9.17) is 4.74 Å². The predicted octanol–water partition coefficient (Wildman–Crippen LogP) is 0.939. The number of fused-ring (bicyclic) bond motifs is 1. The fourth-order valence-corrected chi connectivity index (χ4v) is 3.62. The zero-order valence-electron chi connectivity index (χ0n) is 12.7. The lowest BCUT2D eigenvalue weighted by Gasteiger charge is -2.46. The van der Waals surface area contributed by atoms with Crippen molar-refractivity contribution in [1.29, 1.82) is 0 Å². The topological polar surface area (TPSA) is 67.6 Å². The molecule has 1 atom stereocenters. The van der Waals surface area contributed by atoms with Crippen LogP contribution in [-0.4, -0.2) is 56.6 Å². The molecule has 2 fully saturated rings. The van der Waals surface area contributed by atoms with Crippen molar-refractivity contribution in [2.75, 3.05) is 19.7 Å². The lowest BCUT2D eigenvalue weighted by Crippen LogP contribution is -2.63. The third-order valence-electron chi connectivity index (χ3n) is 4.60. The van der Waals surface area contributed by atoms with E-state index in [1.165, 1.54) is 0 Å². The maximum atomic E-state index is 12.7. The number of amides is 1. The number of carbonyl (C=O) groups is 1. The molecule has 1 N–H and O–H groups in total. The first-order valence-electron chi connectivity index (χ1n) is 7.47. The van der Waals surface area contributed by atoms with Gasteiger partial charge in [-0.05, 0) is 13.0 Å². The molecule has 1 spiro atoms. The first-order chi connectivity index (χ1) is 10.4. The highest BCUT2D eigenvalue weighted by Gasteiger charge is 2.55. The maximum Gasteiger partial charge on any atom is 0.275 e. The first-order valence-corrected chi connectivity index (χ1v) is 7.47. The van der Waals surface area contributed by atoms with Gasteiger partial charge in [0.05, 0.1) is 30.8 Å². The summed E-state index contributed by atoms with van der Waals surface area (Å²) in [6.45, 7) is 3.15. The van der Waals surface area contributed by atoms with Crippen molar-refractivity contribution in [3.8, 4) is 0 Å². The number of aromatic nitrogens is 2. The van der Waals surface area contributed by atoms with Gasteiger partial charge in [0, 0.05) is 18.9 Å². The fraction of sp³-hybridized carbons (Fsp3) is 0.500. The van der Waals surface area contributed by atoms with Gasteiger partial charge in [-0.25, -0.2) is 0 Å². The first kappa shape index (κ1) is 13.7. The zero-order chi connectivity index (χ0) is 15.5. The fourth-order valence-electron chi connectivity index (χ4n) is 3.62. The van der Waals surface area contributed by atoms with Crippen molar-refractivity contribution in [2.24, 2.45) is 7.05 Å². The van der Waals surface area contributed by atoms with Gasteiger partial charge in [0.2, 0.25) is 0 Å². The molecule has 1 aromatic carbocycles. The molecule has 1 amide bonds. The van der Waals surface area contributed by atoms with E-state index in [0.29, 0.717) is 31.8 Å². The van der Waals surface area contributed by atoms with Gasteiger partial charge < -0.3 is 14.7 Å². The molecule has 2 aliphatic rings. The van der Waals surface area contributed by atoms with Crippen LogP contribution in [-0.2, 0) is 11.8 Å². The van der Waals surface area contributed by atoms with E-state index >= 15 is 0 Å². The number of hydrogen-bond donors (Lipinski definition) is 1. The Morgan fingerprint density at radius 1 is 1.36 bits per heavy atom. The van der Waals surface area contributed by atoms with Crippen molar-refractivity contribution in [1.82, 2.24) is 14.7 Å². The van der Waals surface area contributed by atoms with Crippen LogP contribution in [0.15, 0.2) is 24.3 Å². The van der Waals surface area contributed by atoms with E-state index in [2.05, 4.69) is 5.10 Å². The minimum Gasteiger partial charge on any atom is -0.388 e. The molecule has 2 aromatic rings.